The number of rotatable bonds is 6. The van der Waals surface area contributed by atoms with Gasteiger partial charge in [0.25, 0.3) is 5.91 Å². The van der Waals surface area contributed by atoms with E-state index >= 15 is 0 Å². The van der Waals surface area contributed by atoms with Gasteiger partial charge in [-0.1, -0.05) is 13.8 Å². The van der Waals surface area contributed by atoms with Crippen LogP contribution in [0.5, 0.6) is 0 Å². The van der Waals surface area contributed by atoms with Gasteiger partial charge in [-0.15, -0.1) is 0 Å². The van der Waals surface area contributed by atoms with Crippen LogP contribution in [-0.2, 0) is 29.4 Å². The van der Waals surface area contributed by atoms with Gasteiger partial charge >= 0.3 is 12.4 Å². The van der Waals surface area contributed by atoms with E-state index < -0.39 is 45.1 Å². The first-order valence-electron chi connectivity index (χ1n) is 8.88. The number of hydrogen-bond acceptors (Lipinski definition) is 3. The Hall–Kier alpha value is -2.54. The fourth-order valence-electron chi connectivity index (χ4n) is 2.84. The molecule has 0 saturated carbocycles. The number of halogens is 6. The van der Waals surface area contributed by atoms with Gasteiger partial charge in [0.05, 0.1) is 11.1 Å². The molecule has 1 N–H and O–H groups in total. The minimum atomic E-state index is -5.07. The van der Waals surface area contributed by atoms with E-state index in [1.54, 1.807) is 13.8 Å². The summed E-state index contributed by atoms with van der Waals surface area (Å²) in [6.45, 7) is 3.56. The summed E-state index contributed by atoms with van der Waals surface area (Å²) in [5, 5.41) is 1.98. The molecule has 0 bridgehead atoms. The van der Waals surface area contributed by atoms with Crippen molar-refractivity contribution in [3.8, 4) is 0 Å². The number of carbonyl (C=O) groups excluding carboxylic acids is 1. The third-order valence-corrected chi connectivity index (χ3v) is 6.42. The Morgan fingerprint density at radius 3 is 1.87 bits per heavy atom. The van der Waals surface area contributed by atoms with Gasteiger partial charge in [0.1, 0.15) is 10.6 Å². The SMILES string of the molecule is CCN(CC)S(=O)(=O)c1cc(C(=O)Nc2cc(C(F)(F)F)cc(C(F)(F)F)c2)n(C)c1. The number of nitrogens with one attached hydrogen (secondary N) is 1. The van der Waals surface area contributed by atoms with Gasteiger partial charge in [-0.3, -0.25) is 4.79 Å². The van der Waals surface area contributed by atoms with E-state index in [1.807, 2.05) is 5.32 Å². The second kappa shape index (κ2) is 8.54. The number of amides is 1. The summed E-state index contributed by atoms with van der Waals surface area (Å²) < 4.78 is 105. The molecule has 0 aliphatic heterocycles. The van der Waals surface area contributed by atoms with Gasteiger partial charge in [0.2, 0.25) is 10.0 Å². The Bertz CT molecular complexity index is 1040. The maximum absolute atomic E-state index is 13.0. The topological polar surface area (TPSA) is 71.4 Å². The van der Waals surface area contributed by atoms with Crippen molar-refractivity contribution in [3.05, 3.63) is 47.3 Å². The normalized spacial score (nSPS) is 13.0. The van der Waals surface area contributed by atoms with Crippen molar-refractivity contribution in [1.29, 1.82) is 0 Å². The molecule has 31 heavy (non-hydrogen) atoms. The first-order valence-corrected chi connectivity index (χ1v) is 10.3. The Morgan fingerprint density at radius 2 is 1.45 bits per heavy atom. The second-order valence-corrected chi connectivity index (χ2v) is 8.45. The van der Waals surface area contributed by atoms with Gasteiger partial charge < -0.3 is 9.88 Å². The van der Waals surface area contributed by atoms with Crippen molar-refractivity contribution in [2.45, 2.75) is 31.1 Å². The third-order valence-electron chi connectivity index (χ3n) is 4.40. The van der Waals surface area contributed by atoms with E-state index in [9.17, 15) is 39.6 Å². The van der Waals surface area contributed by atoms with Crippen LogP contribution in [0.4, 0.5) is 32.0 Å². The molecule has 0 spiro atoms. The van der Waals surface area contributed by atoms with E-state index in [4.69, 9.17) is 0 Å². The van der Waals surface area contributed by atoms with Gasteiger partial charge in [-0.2, -0.15) is 30.6 Å². The summed E-state index contributed by atoms with van der Waals surface area (Å²) in [5.41, 5.74) is -4.18. The molecular formula is C18H19F6N3O3S. The molecule has 0 atom stereocenters. The van der Waals surface area contributed by atoms with E-state index in [2.05, 4.69) is 0 Å². The van der Waals surface area contributed by atoms with Crippen molar-refractivity contribution in [2.24, 2.45) is 7.05 Å². The van der Waals surface area contributed by atoms with Crippen LogP contribution in [0.25, 0.3) is 0 Å². The molecule has 13 heteroatoms. The summed E-state index contributed by atoms with van der Waals surface area (Å²) in [7, 11) is -2.60. The molecule has 1 aromatic heterocycles. The third kappa shape index (κ3) is 5.39. The standard InChI is InChI=1S/C18H19F6N3O3S/c1-4-27(5-2)31(29,30)14-9-15(26(3)10-14)16(28)25-13-7-11(17(19,20)21)6-12(8-13)18(22,23)24/h6-10H,4-5H2,1-3H3,(H,25,28). The first kappa shape index (κ1) is 24.7. The first-order chi connectivity index (χ1) is 14.1. The summed E-state index contributed by atoms with van der Waals surface area (Å²) in [5.74, 6) is -1.07. The number of aromatic nitrogens is 1. The molecule has 1 aromatic carbocycles. The molecule has 0 saturated heterocycles. The van der Waals surface area contributed by atoms with Crippen LogP contribution in [0.3, 0.4) is 0 Å². The fourth-order valence-corrected chi connectivity index (χ4v) is 4.37. The maximum atomic E-state index is 13.0. The van der Waals surface area contributed by atoms with Crippen LogP contribution in [0.15, 0.2) is 35.4 Å². The lowest BCUT2D eigenvalue weighted by Crippen LogP contribution is -2.30. The Kier molecular flexibility index (Phi) is 6.81. The number of carbonyl (C=O) groups is 1. The lowest BCUT2D eigenvalue weighted by molar-refractivity contribution is -0.143. The van der Waals surface area contributed by atoms with Crippen LogP contribution in [0, 0.1) is 0 Å². The van der Waals surface area contributed by atoms with Gasteiger partial charge in [-0.05, 0) is 24.3 Å². The number of nitrogens with zero attached hydrogens (tertiary/aromatic N) is 2. The highest BCUT2D eigenvalue weighted by Gasteiger charge is 2.37. The largest absolute Gasteiger partial charge is 0.416 e. The van der Waals surface area contributed by atoms with Gasteiger partial charge in [0.15, 0.2) is 0 Å². The Balaban J connectivity index is 2.44. The molecule has 6 nitrogen and oxygen atoms in total. The highest BCUT2D eigenvalue weighted by Crippen LogP contribution is 2.37. The molecule has 0 unspecified atom stereocenters. The van der Waals surface area contributed by atoms with Crippen LogP contribution < -0.4 is 5.32 Å². The van der Waals surface area contributed by atoms with Crippen LogP contribution in [0.2, 0.25) is 0 Å². The summed E-state index contributed by atoms with van der Waals surface area (Å²) in [4.78, 5) is 12.3. The quantitative estimate of drug-likeness (QED) is 0.637. The van der Waals surface area contributed by atoms with Gasteiger partial charge in [-0.25, -0.2) is 8.42 Å². The molecule has 0 aliphatic carbocycles. The second-order valence-electron chi connectivity index (χ2n) is 6.51. The molecule has 2 rings (SSSR count). The molecule has 0 aliphatic rings. The molecule has 0 fully saturated rings. The summed E-state index contributed by atoms with van der Waals surface area (Å²) >= 11 is 0. The Morgan fingerprint density at radius 1 is 0.968 bits per heavy atom. The molecule has 1 heterocycles. The molecule has 0 radical (unpaired) electrons. The van der Waals surface area contributed by atoms with Crippen molar-refractivity contribution >= 4 is 21.6 Å². The van der Waals surface area contributed by atoms with Crippen LogP contribution >= 0.6 is 0 Å². The van der Waals surface area contributed by atoms with E-state index in [1.165, 1.54) is 7.05 Å². The number of anilines is 1. The van der Waals surface area contributed by atoms with Gasteiger partial charge in [0, 0.05) is 32.0 Å². The zero-order chi connectivity index (χ0) is 23.8. The predicted molar refractivity (Wildman–Crippen MR) is 99.9 cm³/mol. The average molecular weight is 471 g/mol. The zero-order valence-corrected chi connectivity index (χ0v) is 17.4. The number of benzene rings is 1. The summed E-state index contributed by atoms with van der Waals surface area (Å²) in [6.07, 6.45) is -9.01. The highest BCUT2D eigenvalue weighted by atomic mass is 32.2. The number of sulfonamides is 1. The molecular weight excluding hydrogens is 452 g/mol. The monoisotopic (exact) mass is 471 g/mol. The van der Waals surface area contributed by atoms with Crippen molar-refractivity contribution < 1.29 is 39.6 Å². The minimum absolute atomic E-state index is 0.0626. The van der Waals surface area contributed by atoms with Crippen LogP contribution in [-0.4, -0.2) is 36.3 Å². The van der Waals surface area contributed by atoms with Crippen molar-refractivity contribution in [2.75, 3.05) is 18.4 Å². The Labute approximate surface area is 174 Å². The maximum Gasteiger partial charge on any atom is 0.416 e. The minimum Gasteiger partial charge on any atom is -0.345 e. The smallest absolute Gasteiger partial charge is 0.345 e. The zero-order valence-electron chi connectivity index (χ0n) is 16.6. The predicted octanol–water partition coefficient (Wildman–Crippen LogP) is 4.35. The summed E-state index contributed by atoms with van der Waals surface area (Å²) in [6, 6.07) is 1.67. The number of hydrogen-bond donors (Lipinski definition) is 1. The molecule has 2 aromatic rings. The highest BCUT2D eigenvalue weighted by molar-refractivity contribution is 7.89. The van der Waals surface area contributed by atoms with E-state index in [0.717, 1.165) is 21.1 Å². The number of alkyl halides is 6. The van der Waals surface area contributed by atoms with E-state index in [-0.39, 0.29) is 29.7 Å². The molecule has 172 valence electrons. The van der Waals surface area contributed by atoms with E-state index in [0.29, 0.717) is 12.1 Å². The number of aryl methyl sites for hydroxylation is 1. The van der Waals surface area contributed by atoms with Crippen molar-refractivity contribution in [1.82, 2.24) is 8.87 Å². The fraction of sp³-hybridized carbons (Fsp3) is 0.389. The average Bonchev–Trinajstić information content (AvgIpc) is 3.03. The lowest BCUT2D eigenvalue weighted by atomic mass is 10.1. The lowest BCUT2D eigenvalue weighted by Gasteiger charge is -2.17. The molecule has 1 amide bonds. The van der Waals surface area contributed by atoms with Crippen molar-refractivity contribution in [3.63, 3.8) is 0 Å². The van der Waals surface area contributed by atoms with Crippen LogP contribution in [0.1, 0.15) is 35.5 Å².